The Bertz CT molecular complexity index is 1070. The average Bonchev–Trinajstić information content (AvgIpc) is 3.46. The van der Waals surface area contributed by atoms with Crippen LogP contribution < -0.4 is 9.47 Å². The number of hydrogen-bond donors (Lipinski definition) is 0. The Kier molecular flexibility index (Phi) is 4.81. The fraction of sp³-hybridized carbons (Fsp3) is 0.292. The number of fused-ring (bicyclic) bond motifs is 5. The van der Waals surface area contributed by atoms with E-state index in [2.05, 4.69) is 17.3 Å². The van der Waals surface area contributed by atoms with Gasteiger partial charge >= 0.3 is 0 Å². The second kappa shape index (κ2) is 7.65. The zero-order chi connectivity index (χ0) is 21.5. The van der Waals surface area contributed by atoms with Crippen LogP contribution in [0.2, 0.25) is 0 Å². The van der Waals surface area contributed by atoms with Gasteiger partial charge in [0.15, 0.2) is 11.5 Å². The Morgan fingerprint density at radius 1 is 1.03 bits per heavy atom. The van der Waals surface area contributed by atoms with E-state index in [0.717, 1.165) is 17.0 Å². The predicted octanol–water partition coefficient (Wildman–Crippen LogP) is 3.55. The Balaban J connectivity index is 1.29. The third kappa shape index (κ3) is 3.40. The number of halogens is 1. The van der Waals surface area contributed by atoms with Crippen molar-refractivity contribution in [1.82, 2.24) is 5.01 Å². The minimum absolute atomic E-state index is 0.157. The first-order valence-corrected chi connectivity index (χ1v) is 10.2. The van der Waals surface area contributed by atoms with Gasteiger partial charge in [0.1, 0.15) is 12.4 Å². The standard InChI is InChI=1S/C24H21FN2O4/c1-30-20-10-15(4-9-19(20)31-13-14-2-7-18(25)8-3-14)12-26-27-23(28)21-16-5-6-17(11-16)22(21)24(27)29/h2-10,12,16-17,21-22H,11,13H2,1H3/t16-,17-,21-,22+/m0/s1. The lowest BCUT2D eigenvalue weighted by Crippen LogP contribution is -2.28. The Morgan fingerprint density at radius 3 is 2.35 bits per heavy atom. The summed E-state index contributed by atoms with van der Waals surface area (Å²) in [5.74, 6) is 0.0660. The second-order valence-corrected chi connectivity index (χ2v) is 8.06. The van der Waals surface area contributed by atoms with Gasteiger partial charge in [0.2, 0.25) is 0 Å². The van der Waals surface area contributed by atoms with Crippen LogP contribution in [-0.4, -0.2) is 30.1 Å². The van der Waals surface area contributed by atoms with E-state index in [1.165, 1.54) is 25.5 Å². The summed E-state index contributed by atoms with van der Waals surface area (Å²) in [6.45, 7) is 0.264. The maximum absolute atomic E-state index is 13.0. The summed E-state index contributed by atoms with van der Waals surface area (Å²) >= 11 is 0. The molecule has 5 rings (SSSR count). The monoisotopic (exact) mass is 420 g/mol. The zero-order valence-electron chi connectivity index (χ0n) is 16.9. The molecular weight excluding hydrogens is 399 g/mol. The number of rotatable bonds is 6. The number of carbonyl (C=O) groups excluding carboxylic acids is 2. The summed E-state index contributed by atoms with van der Waals surface area (Å²) in [5, 5.41) is 5.21. The van der Waals surface area contributed by atoms with Crippen LogP contribution in [0.15, 0.2) is 59.7 Å². The largest absolute Gasteiger partial charge is 0.493 e. The smallest absolute Gasteiger partial charge is 0.254 e. The molecule has 0 aromatic heterocycles. The molecule has 0 N–H and O–H groups in total. The molecule has 2 amide bonds. The van der Waals surface area contributed by atoms with Crippen LogP contribution >= 0.6 is 0 Å². The van der Waals surface area contributed by atoms with E-state index in [1.54, 1.807) is 30.3 Å². The van der Waals surface area contributed by atoms with Crippen molar-refractivity contribution in [3.63, 3.8) is 0 Å². The third-order valence-electron chi connectivity index (χ3n) is 6.26. The first kappa shape index (κ1) is 19.5. The van der Waals surface area contributed by atoms with Gasteiger partial charge in [-0.2, -0.15) is 10.1 Å². The molecule has 31 heavy (non-hydrogen) atoms. The molecule has 7 heteroatoms. The SMILES string of the molecule is COc1cc(C=NN2C(=O)[C@@H]3[C@H](C2=O)[C@H]2C=C[C@H]3C2)ccc1OCc1ccc(F)cc1. The minimum atomic E-state index is -0.299. The Morgan fingerprint density at radius 2 is 1.71 bits per heavy atom. The molecule has 1 saturated carbocycles. The zero-order valence-corrected chi connectivity index (χ0v) is 16.9. The number of methoxy groups -OCH3 is 1. The highest BCUT2D eigenvalue weighted by atomic mass is 19.1. The summed E-state index contributed by atoms with van der Waals surface area (Å²) in [6, 6.07) is 11.3. The van der Waals surface area contributed by atoms with Gasteiger partial charge in [-0.15, -0.1) is 0 Å². The summed E-state index contributed by atoms with van der Waals surface area (Å²) in [4.78, 5) is 25.4. The molecule has 2 bridgehead atoms. The fourth-order valence-electron chi connectivity index (χ4n) is 4.75. The molecule has 4 atom stereocenters. The van der Waals surface area contributed by atoms with E-state index in [-0.39, 0.29) is 47.9 Å². The van der Waals surface area contributed by atoms with Crippen LogP contribution in [0, 0.1) is 29.5 Å². The molecule has 0 radical (unpaired) electrons. The second-order valence-electron chi connectivity index (χ2n) is 8.06. The molecule has 2 aromatic carbocycles. The van der Waals surface area contributed by atoms with Gasteiger partial charge in [0, 0.05) is 0 Å². The van der Waals surface area contributed by atoms with Crippen molar-refractivity contribution in [2.75, 3.05) is 7.11 Å². The number of nitrogens with zero attached hydrogens (tertiary/aromatic N) is 2. The molecule has 2 aromatic rings. The topological polar surface area (TPSA) is 68.2 Å². The molecule has 2 aliphatic carbocycles. The van der Waals surface area contributed by atoms with E-state index < -0.39 is 0 Å². The van der Waals surface area contributed by atoms with Crippen molar-refractivity contribution in [2.24, 2.45) is 28.8 Å². The summed E-state index contributed by atoms with van der Waals surface area (Å²) in [5.41, 5.74) is 1.50. The first-order chi connectivity index (χ1) is 15.0. The van der Waals surface area contributed by atoms with E-state index in [0.29, 0.717) is 17.1 Å². The van der Waals surface area contributed by atoms with Gasteiger partial charge in [-0.05, 0) is 59.7 Å². The maximum atomic E-state index is 13.0. The Hall–Kier alpha value is -3.48. The number of ether oxygens (including phenoxy) is 2. The molecule has 1 saturated heterocycles. The van der Waals surface area contributed by atoms with Gasteiger partial charge in [0.05, 0.1) is 25.2 Å². The van der Waals surface area contributed by atoms with Crippen LogP contribution in [-0.2, 0) is 16.2 Å². The highest BCUT2D eigenvalue weighted by Gasteiger charge is 2.59. The number of hydrazone groups is 1. The third-order valence-corrected chi connectivity index (χ3v) is 6.26. The van der Waals surface area contributed by atoms with Crippen molar-refractivity contribution >= 4 is 18.0 Å². The van der Waals surface area contributed by atoms with Crippen molar-refractivity contribution in [3.05, 3.63) is 71.6 Å². The van der Waals surface area contributed by atoms with Crippen molar-refractivity contribution in [2.45, 2.75) is 13.0 Å². The normalized spacial score (nSPS) is 26.2. The molecule has 1 heterocycles. The number of imide groups is 1. The molecule has 2 fully saturated rings. The van der Waals surface area contributed by atoms with Gasteiger partial charge in [-0.3, -0.25) is 9.59 Å². The van der Waals surface area contributed by atoms with Crippen LogP contribution in [0.3, 0.4) is 0 Å². The Labute approximate surface area is 179 Å². The molecular formula is C24H21FN2O4. The van der Waals surface area contributed by atoms with Gasteiger partial charge in [0.25, 0.3) is 11.8 Å². The lowest BCUT2D eigenvalue weighted by atomic mass is 9.85. The predicted molar refractivity (Wildman–Crippen MR) is 111 cm³/mol. The highest BCUT2D eigenvalue weighted by molar-refractivity contribution is 6.06. The number of allylic oxidation sites excluding steroid dienone is 2. The highest BCUT2D eigenvalue weighted by Crippen LogP contribution is 2.52. The molecule has 158 valence electrons. The number of hydrogen-bond acceptors (Lipinski definition) is 5. The minimum Gasteiger partial charge on any atom is -0.493 e. The number of carbonyl (C=O) groups is 2. The van der Waals surface area contributed by atoms with Gasteiger partial charge < -0.3 is 9.47 Å². The van der Waals surface area contributed by atoms with Crippen molar-refractivity contribution < 1.29 is 23.5 Å². The van der Waals surface area contributed by atoms with E-state index in [1.807, 2.05) is 0 Å². The van der Waals surface area contributed by atoms with E-state index in [4.69, 9.17) is 9.47 Å². The lowest BCUT2D eigenvalue weighted by Gasteiger charge is -2.13. The van der Waals surface area contributed by atoms with Gasteiger partial charge in [-0.25, -0.2) is 4.39 Å². The number of amides is 2. The van der Waals surface area contributed by atoms with E-state index >= 15 is 0 Å². The molecule has 0 spiro atoms. The average molecular weight is 420 g/mol. The van der Waals surface area contributed by atoms with Crippen LogP contribution in [0.25, 0.3) is 0 Å². The molecule has 1 aliphatic heterocycles. The van der Waals surface area contributed by atoms with Crippen LogP contribution in [0.1, 0.15) is 17.5 Å². The lowest BCUT2D eigenvalue weighted by molar-refractivity contribution is -0.140. The molecule has 6 nitrogen and oxygen atoms in total. The number of benzene rings is 2. The van der Waals surface area contributed by atoms with Crippen molar-refractivity contribution in [3.8, 4) is 11.5 Å². The quantitative estimate of drug-likeness (QED) is 0.407. The van der Waals surface area contributed by atoms with Crippen molar-refractivity contribution in [1.29, 1.82) is 0 Å². The van der Waals surface area contributed by atoms with Crippen LogP contribution in [0.5, 0.6) is 11.5 Å². The summed E-state index contributed by atoms with van der Waals surface area (Å²) in [6.07, 6.45) is 6.49. The molecule has 0 unspecified atom stereocenters. The van der Waals surface area contributed by atoms with Gasteiger partial charge in [-0.1, -0.05) is 24.3 Å². The summed E-state index contributed by atoms with van der Waals surface area (Å²) in [7, 11) is 1.53. The van der Waals surface area contributed by atoms with E-state index in [9.17, 15) is 14.0 Å². The maximum Gasteiger partial charge on any atom is 0.254 e. The summed E-state index contributed by atoms with van der Waals surface area (Å²) < 4.78 is 24.2. The first-order valence-electron chi connectivity index (χ1n) is 10.2. The fourth-order valence-corrected chi connectivity index (χ4v) is 4.75. The molecule has 3 aliphatic rings. The van der Waals surface area contributed by atoms with Crippen LogP contribution in [0.4, 0.5) is 4.39 Å².